The van der Waals surface area contributed by atoms with Gasteiger partial charge in [0.05, 0.1) is 5.75 Å². The SMILES string of the molecule is Nc1ccc(SCC(=O)Nc2cccc(I)c2)cn1. The molecule has 6 heteroatoms. The molecule has 2 aromatic rings. The number of carbonyl (C=O) groups excluding carboxylic acids is 1. The molecule has 1 aromatic heterocycles. The fourth-order valence-corrected chi connectivity index (χ4v) is 2.59. The van der Waals surface area contributed by atoms with Crippen LogP contribution in [0.4, 0.5) is 11.5 Å². The minimum atomic E-state index is -0.0381. The van der Waals surface area contributed by atoms with Crippen LogP contribution in [0.5, 0.6) is 0 Å². The van der Waals surface area contributed by atoms with Crippen LogP contribution in [0, 0.1) is 3.57 Å². The Morgan fingerprint density at radius 1 is 1.37 bits per heavy atom. The van der Waals surface area contributed by atoms with Gasteiger partial charge in [-0.15, -0.1) is 11.8 Å². The van der Waals surface area contributed by atoms with Crippen molar-refractivity contribution in [3.63, 3.8) is 0 Å². The number of anilines is 2. The fourth-order valence-electron chi connectivity index (χ4n) is 1.39. The minimum absolute atomic E-state index is 0.0381. The molecule has 0 spiro atoms. The van der Waals surface area contributed by atoms with Crippen LogP contribution in [0.25, 0.3) is 0 Å². The molecule has 0 aliphatic carbocycles. The number of benzene rings is 1. The molecule has 1 amide bonds. The molecule has 0 bridgehead atoms. The quantitative estimate of drug-likeness (QED) is 0.627. The summed E-state index contributed by atoms with van der Waals surface area (Å²) in [6, 6.07) is 11.3. The van der Waals surface area contributed by atoms with Crippen molar-refractivity contribution >= 4 is 51.8 Å². The average molecular weight is 385 g/mol. The summed E-state index contributed by atoms with van der Waals surface area (Å²) in [4.78, 5) is 16.7. The van der Waals surface area contributed by atoms with Crippen molar-refractivity contribution in [3.05, 3.63) is 46.2 Å². The topological polar surface area (TPSA) is 68.0 Å². The van der Waals surface area contributed by atoms with Gasteiger partial charge in [0.25, 0.3) is 0 Å². The smallest absolute Gasteiger partial charge is 0.234 e. The van der Waals surface area contributed by atoms with Gasteiger partial charge in [-0.25, -0.2) is 4.98 Å². The summed E-state index contributed by atoms with van der Waals surface area (Å²) < 4.78 is 1.09. The summed E-state index contributed by atoms with van der Waals surface area (Å²) in [6.45, 7) is 0. The van der Waals surface area contributed by atoms with Crippen LogP contribution in [-0.4, -0.2) is 16.6 Å². The molecule has 0 unspecified atom stereocenters. The zero-order chi connectivity index (χ0) is 13.7. The molecule has 0 atom stereocenters. The number of hydrogen-bond acceptors (Lipinski definition) is 4. The first-order valence-electron chi connectivity index (χ1n) is 5.53. The van der Waals surface area contributed by atoms with Crippen LogP contribution in [0.15, 0.2) is 47.5 Å². The molecule has 0 fully saturated rings. The molecule has 1 aromatic carbocycles. The summed E-state index contributed by atoms with van der Waals surface area (Å²) in [5.41, 5.74) is 6.31. The maximum atomic E-state index is 11.8. The lowest BCUT2D eigenvalue weighted by Crippen LogP contribution is -2.13. The summed E-state index contributed by atoms with van der Waals surface area (Å²) in [7, 11) is 0. The molecule has 0 aliphatic rings. The summed E-state index contributed by atoms with van der Waals surface area (Å²) in [5, 5.41) is 2.85. The number of aromatic nitrogens is 1. The number of pyridine rings is 1. The minimum Gasteiger partial charge on any atom is -0.384 e. The number of carbonyl (C=O) groups is 1. The van der Waals surface area contributed by atoms with Gasteiger partial charge in [-0.3, -0.25) is 4.79 Å². The molecule has 0 aliphatic heterocycles. The number of halogens is 1. The third-order valence-corrected chi connectivity index (χ3v) is 3.89. The second-order valence-corrected chi connectivity index (χ2v) is 6.06. The maximum Gasteiger partial charge on any atom is 0.234 e. The summed E-state index contributed by atoms with van der Waals surface area (Å²) in [5.74, 6) is 0.786. The molecular formula is C13H12IN3OS. The molecule has 2 rings (SSSR count). The largest absolute Gasteiger partial charge is 0.384 e. The highest BCUT2D eigenvalue weighted by molar-refractivity contribution is 14.1. The number of nitrogens with one attached hydrogen (secondary N) is 1. The van der Waals surface area contributed by atoms with Gasteiger partial charge in [-0.05, 0) is 52.9 Å². The zero-order valence-corrected chi connectivity index (χ0v) is 12.9. The van der Waals surface area contributed by atoms with Crippen LogP contribution >= 0.6 is 34.4 Å². The molecule has 98 valence electrons. The third-order valence-electron chi connectivity index (χ3n) is 2.24. The van der Waals surface area contributed by atoms with Crippen molar-refractivity contribution in [3.8, 4) is 0 Å². The second kappa shape index (κ2) is 6.76. The van der Waals surface area contributed by atoms with Gasteiger partial charge in [0.1, 0.15) is 5.82 Å². The van der Waals surface area contributed by atoms with E-state index in [-0.39, 0.29) is 5.91 Å². The van der Waals surface area contributed by atoms with E-state index in [4.69, 9.17) is 5.73 Å². The first-order chi connectivity index (χ1) is 9.13. The van der Waals surface area contributed by atoms with Gasteiger partial charge in [0.2, 0.25) is 5.91 Å². The number of rotatable bonds is 4. The van der Waals surface area contributed by atoms with E-state index in [0.29, 0.717) is 11.6 Å². The van der Waals surface area contributed by atoms with Crippen molar-refractivity contribution < 1.29 is 4.79 Å². The number of nitrogen functional groups attached to an aromatic ring is 1. The molecule has 0 radical (unpaired) electrons. The van der Waals surface area contributed by atoms with E-state index in [9.17, 15) is 4.79 Å². The highest BCUT2D eigenvalue weighted by Crippen LogP contribution is 2.18. The van der Waals surface area contributed by atoms with Gasteiger partial charge < -0.3 is 11.1 Å². The Balaban J connectivity index is 1.86. The first-order valence-corrected chi connectivity index (χ1v) is 7.60. The number of amides is 1. The zero-order valence-electron chi connectivity index (χ0n) is 9.97. The van der Waals surface area contributed by atoms with Crippen molar-refractivity contribution in [1.82, 2.24) is 4.98 Å². The predicted molar refractivity (Wildman–Crippen MR) is 87.2 cm³/mol. The lowest BCUT2D eigenvalue weighted by atomic mass is 10.3. The Bertz CT molecular complexity index is 574. The molecule has 0 saturated carbocycles. The number of hydrogen-bond donors (Lipinski definition) is 2. The molecule has 19 heavy (non-hydrogen) atoms. The molecule has 4 nitrogen and oxygen atoms in total. The van der Waals surface area contributed by atoms with Crippen molar-refractivity contribution in [2.75, 3.05) is 16.8 Å². The molecule has 1 heterocycles. The van der Waals surface area contributed by atoms with Gasteiger partial charge in [0.15, 0.2) is 0 Å². The number of thioether (sulfide) groups is 1. The van der Waals surface area contributed by atoms with Gasteiger partial charge in [0, 0.05) is 20.3 Å². The maximum absolute atomic E-state index is 11.8. The van der Waals surface area contributed by atoms with E-state index in [1.807, 2.05) is 30.3 Å². The Morgan fingerprint density at radius 2 is 2.21 bits per heavy atom. The van der Waals surface area contributed by atoms with E-state index < -0.39 is 0 Å². The lowest BCUT2D eigenvalue weighted by Gasteiger charge is -2.05. The molecule has 0 saturated heterocycles. The van der Waals surface area contributed by atoms with Crippen LogP contribution in [0.3, 0.4) is 0 Å². The normalized spacial score (nSPS) is 10.2. The number of nitrogens with two attached hydrogens (primary N) is 1. The van der Waals surface area contributed by atoms with Crippen molar-refractivity contribution in [1.29, 1.82) is 0 Å². The monoisotopic (exact) mass is 385 g/mol. The molecule has 3 N–H and O–H groups in total. The van der Waals surface area contributed by atoms with Crippen LogP contribution < -0.4 is 11.1 Å². The van der Waals surface area contributed by atoms with Crippen molar-refractivity contribution in [2.24, 2.45) is 0 Å². The lowest BCUT2D eigenvalue weighted by molar-refractivity contribution is -0.113. The highest BCUT2D eigenvalue weighted by atomic mass is 127. The standard InChI is InChI=1S/C13H12IN3OS/c14-9-2-1-3-10(6-9)17-13(18)8-19-11-4-5-12(15)16-7-11/h1-7H,8H2,(H2,15,16)(H,17,18). The van der Waals surface area contributed by atoms with E-state index in [1.54, 1.807) is 12.3 Å². The Kier molecular flexibility index (Phi) is 5.03. The summed E-state index contributed by atoms with van der Waals surface area (Å²) >= 11 is 3.64. The van der Waals surface area contributed by atoms with E-state index in [0.717, 1.165) is 14.2 Å². The fraction of sp³-hybridized carbons (Fsp3) is 0.0769. The Labute approximate surface area is 129 Å². The van der Waals surface area contributed by atoms with Gasteiger partial charge >= 0.3 is 0 Å². The van der Waals surface area contributed by atoms with Crippen LogP contribution in [-0.2, 0) is 4.79 Å². The Hall–Kier alpha value is -1.28. The van der Waals surface area contributed by atoms with Gasteiger partial charge in [-0.2, -0.15) is 0 Å². The van der Waals surface area contributed by atoms with Gasteiger partial charge in [-0.1, -0.05) is 6.07 Å². The van der Waals surface area contributed by atoms with Crippen LogP contribution in [0.2, 0.25) is 0 Å². The Morgan fingerprint density at radius 3 is 2.89 bits per heavy atom. The van der Waals surface area contributed by atoms with E-state index in [2.05, 4.69) is 32.9 Å². The van der Waals surface area contributed by atoms with E-state index in [1.165, 1.54) is 11.8 Å². The number of nitrogens with zero attached hydrogens (tertiary/aromatic N) is 1. The highest BCUT2D eigenvalue weighted by Gasteiger charge is 2.04. The van der Waals surface area contributed by atoms with Crippen LogP contribution in [0.1, 0.15) is 0 Å². The van der Waals surface area contributed by atoms with E-state index >= 15 is 0 Å². The predicted octanol–water partition coefficient (Wildman–Crippen LogP) is 3.00. The third kappa shape index (κ3) is 4.71. The first kappa shape index (κ1) is 14.1. The summed E-state index contributed by atoms with van der Waals surface area (Å²) in [6.07, 6.45) is 1.67. The average Bonchev–Trinajstić information content (AvgIpc) is 2.38. The molecular weight excluding hydrogens is 373 g/mol. The van der Waals surface area contributed by atoms with Crippen molar-refractivity contribution in [2.45, 2.75) is 4.90 Å². The second-order valence-electron chi connectivity index (χ2n) is 3.77.